The summed E-state index contributed by atoms with van der Waals surface area (Å²) < 4.78 is 2.18. The molecule has 2 aromatic heterocycles. The van der Waals surface area contributed by atoms with Crippen molar-refractivity contribution < 1.29 is 24.1 Å². The van der Waals surface area contributed by atoms with Gasteiger partial charge in [0.25, 0.3) is 0 Å². The van der Waals surface area contributed by atoms with Crippen LogP contribution in [-0.4, -0.2) is 28.0 Å². The van der Waals surface area contributed by atoms with Gasteiger partial charge in [0.1, 0.15) is 0 Å². The molecule has 0 aliphatic heterocycles. The van der Waals surface area contributed by atoms with Gasteiger partial charge in [-0.3, -0.25) is 9.59 Å². The predicted molar refractivity (Wildman–Crippen MR) is 164 cm³/mol. The van der Waals surface area contributed by atoms with Crippen LogP contribution in [0.15, 0.2) is 82.8 Å². The van der Waals surface area contributed by atoms with E-state index in [1.165, 1.54) is 25.2 Å². The Balaban J connectivity index is 1.53. The molecule has 1 aliphatic carbocycles. The van der Waals surface area contributed by atoms with E-state index in [0.717, 1.165) is 55.5 Å². The van der Waals surface area contributed by atoms with Crippen LogP contribution in [0.3, 0.4) is 0 Å². The van der Waals surface area contributed by atoms with Gasteiger partial charge < -0.3 is 14.2 Å². The number of hydrogen-bond acceptors (Lipinski definition) is 8. The van der Waals surface area contributed by atoms with E-state index in [1.54, 1.807) is 6.92 Å². The van der Waals surface area contributed by atoms with Crippen molar-refractivity contribution >= 4 is 62.3 Å². The molecule has 2 heterocycles. The van der Waals surface area contributed by atoms with Crippen molar-refractivity contribution in [2.24, 2.45) is 5.16 Å². The number of oxime groups is 1. The van der Waals surface area contributed by atoms with Crippen LogP contribution in [0.1, 0.15) is 59.6 Å². The summed E-state index contributed by atoms with van der Waals surface area (Å²) in [5, 5.41) is 7.70. The molecule has 6 rings (SSSR count). The summed E-state index contributed by atoms with van der Waals surface area (Å²) in [7, 11) is 0. The lowest BCUT2D eigenvalue weighted by Crippen LogP contribution is -2.16. The average Bonchev–Trinajstić information content (AvgIpc) is 3.69. The van der Waals surface area contributed by atoms with Crippen LogP contribution < -0.4 is 5.48 Å². The molecule has 0 bridgehead atoms. The fourth-order valence-corrected chi connectivity index (χ4v) is 6.05. The number of hydroxylamine groups is 1. The van der Waals surface area contributed by atoms with E-state index >= 15 is 0 Å². The molecule has 0 atom stereocenters. The summed E-state index contributed by atoms with van der Waals surface area (Å²) in [6.07, 6.45) is 0.712. The molecule has 0 unspecified atom stereocenters. The van der Waals surface area contributed by atoms with E-state index < -0.39 is 11.9 Å². The van der Waals surface area contributed by atoms with Gasteiger partial charge >= 0.3 is 11.9 Å². The Morgan fingerprint density at radius 1 is 0.881 bits per heavy atom. The summed E-state index contributed by atoms with van der Waals surface area (Å²) in [6.45, 7) is 6.46. The van der Waals surface area contributed by atoms with Crippen molar-refractivity contribution in [2.75, 3.05) is 0 Å². The van der Waals surface area contributed by atoms with Crippen molar-refractivity contribution in [2.45, 2.75) is 34.1 Å². The Labute approximate surface area is 245 Å². The van der Waals surface area contributed by atoms with Crippen LogP contribution in [0.2, 0.25) is 0 Å². The second kappa shape index (κ2) is 10.8. The number of carbonyl (C=O) groups excluding carboxylic acids is 3. The van der Waals surface area contributed by atoms with Gasteiger partial charge in [0.15, 0.2) is 0 Å². The maximum Gasteiger partial charge on any atom is 0.331 e. The fraction of sp³-hybridized carbons (Fsp3) is 0.152. The van der Waals surface area contributed by atoms with Gasteiger partial charge in [-0.15, -0.1) is 11.3 Å². The summed E-state index contributed by atoms with van der Waals surface area (Å²) in [6, 6.07) is 21.7. The normalized spacial score (nSPS) is 13.0. The van der Waals surface area contributed by atoms with E-state index in [2.05, 4.69) is 27.3 Å². The number of allylic oxidation sites excluding steroid dienone is 1. The van der Waals surface area contributed by atoms with E-state index in [4.69, 9.17) is 9.68 Å². The molecule has 3 aromatic carbocycles. The highest BCUT2D eigenvalue weighted by Gasteiger charge is 2.24. The molecule has 9 heteroatoms. The lowest BCUT2D eigenvalue weighted by atomic mass is 10.0. The lowest BCUT2D eigenvalue weighted by molar-refractivity contribution is -0.145. The summed E-state index contributed by atoms with van der Waals surface area (Å²) >= 11 is 1.42. The van der Waals surface area contributed by atoms with Crippen LogP contribution in [-0.2, 0) is 25.7 Å². The first-order chi connectivity index (χ1) is 20.2. The number of benzene rings is 3. The summed E-state index contributed by atoms with van der Waals surface area (Å²) in [4.78, 5) is 46.6. The molecule has 0 spiro atoms. The van der Waals surface area contributed by atoms with Gasteiger partial charge in [-0.05, 0) is 90.9 Å². The molecule has 210 valence electrons. The molecular formula is C33H27N3O5S. The minimum atomic E-state index is -0.475. The fourth-order valence-electron chi connectivity index (χ4n) is 5.36. The number of aromatic nitrogens is 1. The van der Waals surface area contributed by atoms with Gasteiger partial charge in [-0.2, -0.15) is 0 Å². The van der Waals surface area contributed by atoms with Gasteiger partial charge in [0.2, 0.25) is 5.78 Å². The zero-order valence-electron chi connectivity index (χ0n) is 23.5. The number of carbonyl (C=O) groups is 3. The molecular weight excluding hydrogens is 550 g/mol. The van der Waals surface area contributed by atoms with Gasteiger partial charge in [0.05, 0.1) is 27.3 Å². The van der Waals surface area contributed by atoms with E-state index in [1.807, 2.05) is 66.9 Å². The monoisotopic (exact) mass is 577 g/mol. The second-order valence-electron chi connectivity index (χ2n) is 10.2. The predicted octanol–water partition coefficient (Wildman–Crippen LogP) is 6.72. The molecule has 8 nitrogen and oxygen atoms in total. The Morgan fingerprint density at radius 2 is 1.62 bits per heavy atom. The van der Waals surface area contributed by atoms with Crippen LogP contribution in [0, 0.1) is 0 Å². The van der Waals surface area contributed by atoms with Crippen LogP contribution in [0.5, 0.6) is 0 Å². The topological polar surface area (TPSA) is 99.0 Å². The molecule has 0 saturated carbocycles. The van der Waals surface area contributed by atoms with Gasteiger partial charge in [0, 0.05) is 41.4 Å². The van der Waals surface area contributed by atoms with Crippen LogP contribution in [0.25, 0.3) is 33.2 Å². The molecule has 0 radical (unpaired) electrons. The maximum atomic E-state index is 13.3. The highest BCUT2D eigenvalue weighted by Crippen LogP contribution is 2.40. The summed E-state index contributed by atoms with van der Waals surface area (Å²) in [5.74, 6) is -0.916. The minimum Gasteiger partial charge on any atom is -0.344 e. The lowest BCUT2D eigenvalue weighted by Gasteiger charge is -2.11. The smallest absolute Gasteiger partial charge is 0.331 e. The van der Waals surface area contributed by atoms with E-state index in [-0.39, 0.29) is 5.78 Å². The molecule has 42 heavy (non-hydrogen) atoms. The molecule has 0 saturated heterocycles. The highest BCUT2D eigenvalue weighted by molar-refractivity contribution is 7.12. The van der Waals surface area contributed by atoms with Crippen molar-refractivity contribution in [3.8, 4) is 5.69 Å². The zero-order chi connectivity index (χ0) is 29.5. The molecule has 0 amide bonds. The minimum absolute atomic E-state index is 0.0196. The molecule has 5 aromatic rings. The number of thiophene rings is 1. The first-order valence-corrected chi connectivity index (χ1v) is 14.2. The Hall–Kier alpha value is -5.02. The second-order valence-corrected chi connectivity index (χ2v) is 11.2. The number of ketones is 1. The standard InChI is InChI=1S/C33H27N3O5S/c1-18-14-24-16-30-28(17-26(24)32(18)35-41-21(4)38)27-15-23(33(39)31-6-5-13-42-31)9-12-29(27)36(30)25-10-7-22(8-11-25)19(2)34-40-20(3)37/h5-13,15-17,35H,14H2,1-4H3. The first kappa shape index (κ1) is 27.2. The maximum absolute atomic E-state index is 13.3. The number of hydrogen-bond donors (Lipinski definition) is 1. The SMILES string of the molecule is CC(=O)ON=C(C)c1ccc(-n2c3ccc(C(=O)c4cccs4)cc3c3cc4c(cc32)CC(C)=C4NOC(C)=O)cc1. The quantitative estimate of drug-likeness (QED) is 0.0998. The number of nitrogens with zero attached hydrogens (tertiary/aromatic N) is 2. The van der Waals surface area contributed by atoms with Crippen molar-refractivity contribution in [3.63, 3.8) is 0 Å². The van der Waals surface area contributed by atoms with Crippen LogP contribution in [0.4, 0.5) is 0 Å². The van der Waals surface area contributed by atoms with Crippen molar-refractivity contribution in [3.05, 3.63) is 105 Å². The van der Waals surface area contributed by atoms with Gasteiger partial charge in [-0.1, -0.05) is 23.4 Å². The number of nitrogens with one attached hydrogen (secondary N) is 1. The van der Waals surface area contributed by atoms with Gasteiger partial charge in [-0.25, -0.2) is 10.3 Å². The third-order valence-electron chi connectivity index (χ3n) is 7.30. The molecule has 0 fully saturated rings. The highest BCUT2D eigenvalue weighted by atomic mass is 32.1. The van der Waals surface area contributed by atoms with Crippen molar-refractivity contribution in [1.29, 1.82) is 0 Å². The summed E-state index contributed by atoms with van der Waals surface area (Å²) in [5.41, 5.74) is 11.7. The Morgan fingerprint density at radius 3 is 2.31 bits per heavy atom. The molecule has 1 aliphatic rings. The largest absolute Gasteiger partial charge is 0.344 e. The molecule has 1 N–H and O–H groups in total. The van der Waals surface area contributed by atoms with Crippen LogP contribution >= 0.6 is 11.3 Å². The number of rotatable bonds is 7. The average molecular weight is 578 g/mol. The third-order valence-corrected chi connectivity index (χ3v) is 8.17. The zero-order valence-corrected chi connectivity index (χ0v) is 24.3. The van der Waals surface area contributed by atoms with Crippen molar-refractivity contribution in [1.82, 2.24) is 10.0 Å². The van der Waals surface area contributed by atoms with E-state index in [9.17, 15) is 14.4 Å². The van der Waals surface area contributed by atoms with E-state index in [0.29, 0.717) is 22.6 Å². The Bertz CT molecular complexity index is 1960. The number of fused-ring (bicyclic) bond motifs is 4. The third kappa shape index (κ3) is 4.88. The first-order valence-electron chi connectivity index (χ1n) is 13.4. The Kier molecular flexibility index (Phi) is 6.96.